The fourth-order valence-corrected chi connectivity index (χ4v) is 1.56. The number of carbonyl (C=O) groups excluding carboxylic acids is 1. The molecule has 0 radical (unpaired) electrons. The predicted octanol–water partition coefficient (Wildman–Crippen LogP) is 3.35. The van der Waals surface area contributed by atoms with Gasteiger partial charge in [-0.2, -0.15) is 0 Å². The largest absolute Gasteiger partial charge is 0.349 e. The normalized spacial score (nSPS) is 14.2. The van der Waals surface area contributed by atoms with E-state index in [1.807, 2.05) is 13.8 Å². The molecule has 1 N–H and O–H groups in total. The van der Waals surface area contributed by atoms with Crippen molar-refractivity contribution in [1.29, 1.82) is 0 Å². The maximum atomic E-state index is 11.7. The molecule has 16 heavy (non-hydrogen) atoms. The predicted molar refractivity (Wildman–Crippen MR) is 70.7 cm³/mol. The molecule has 2 unspecified atom stereocenters. The summed E-state index contributed by atoms with van der Waals surface area (Å²) < 4.78 is 0. The lowest BCUT2D eigenvalue weighted by atomic mass is 10.1. The Morgan fingerprint density at radius 2 is 1.94 bits per heavy atom. The summed E-state index contributed by atoms with van der Waals surface area (Å²) in [6.45, 7) is 6.03. The summed E-state index contributed by atoms with van der Waals surface area (Å²) in [6, 6.07) is 8.28. The van der Waals surface area contributed by atoms with E-state index in [1.54, 1.807) is 0 Å². The van der Waals surface area contributed by atoms with Crippen LogP contribution < -0.4 is 5.32 Å². The van der Waals surface area contributed by atoms with Crippen LogP contribution in [0.25, 0.3) is 0 Å². The molecule has 2 nitrogen and oxygen atoms in total. The molecule has 0 fully saturated rings. The van der Waals surface area contributed by atoms with Crippen molar-refractivity contribution in [2.45, 2.75) is 38.1 Å². The molecular weight excluding hydrogens is 266 g/mol. The zero-order valence-electron chi connectivity index (χ0n) is 9.96. The SMILES string of the molecule is CCC(Br)C(=O)NC(C)c1ccc(C)cc1. The summed E-state index contributed by atoms with van der Waals surface area (Å²) in [5.74, 6) is 0.0515. The minimum absolute atomic E-state index is 0.0515. The van der Waals surface area contributed by atoms with Gasteiger partial charge in [0.05, 0.1) is 10.9 Å². The Labute approximate surface area is 106 Å². The fraction of sp³-hybridized carbons (Fsp3) is 0.462. The summed E-state index contributed by atoms with van der Waals surface area (Å²) in [4.78, 5) is 11.6. The van der Waals surface area contributed by atoms with Crippen LogP contribution in [0.5, 0.6) is 0 Å². The van der Waals surface area contributed by atoms with Crippen LogP contribution in [0.1, 0.15) is 37.4 Å². The number of hydrogen-bond acceptors (Lipinski definition) is 1. The zero-order valence-corrected chi connectivity index (χ0v) is 11.5. The number of nitrogens with one attached hydrogen (secondary N) is 1. The number of halogens is 1. The number of alkyl halides is 1. The van der Waals surface area contributed by atoms with Gasteiger partial charge in [0.15, 0.2) is 0 Å². The topological polar surface area (TPSA) is 29.1 Å². The van der Waals surface area contributed by atoms with Crippen LogP contribution in [-0.4, -0.2) is 10.7 Å². The van der Waals surface area contributed by atoms with Crippen molar-refractivity contribution >= 4 is 21.8 Å². The third kappa shape index (κ3) is 3.63. The van der Waals surface area contributed by atoms with Gasteiger partial charge < -0.3 is 5.32 Å². The highest BCUT2D eigenvalue weighted by molar-refractivity contribution is 9.10. The number of aryl methyl sites for hydroxylation is 1. The van der Waals surface area contributed by atoms with E-state index in [-0.39, 0.29) is 16.8 Å². The lowest BCUT2D eigenvalue weighted by Gasteiger charge is -2.16. The number of carbonyl (C=O) groups is 1. The van der Waals surface area contributed by atoms with Crippen LogP contribution in [0, 0.1) is 6.92 Å². The molecule has 2 atom stereocenters. The quantitative estimate of drug-likeness (QED) is 0.844. The molecule has 3 heteroatoms. The summed E-state index contributed by atoms with van der Waals surface area (Å²) in [5, 5.41) is 2.98. The Bertz CT molecular complexity index is 347. The molecular formula is C13H18BrNO. The van der Waals surface area contributed by atoms with E-state index in [0.29, 0.717) is 0 Å². The van der Waals surface area contributed by atoms with Crippen molar-refractivity contribution < 1.29 is 4.79 Å². The minimum Gasteiger partial charge on any atom is -0.349 e. The van der Waals surface area contributed by atoms with Gasteiger partial charge in [0.1, 0.15) is 0 Å². The van der Waals surface area contributed by atoms with Gasteiger partial charge in [0, 0.05) is 0 Å². The summed E-state index contributed by atoms with van der Waals surface area (Å²) in [7, 11) is 0. The number of benzene rings is 1. The van der Waals surface area contributed by atoms with Crippen LogP contribution in [-0.2, 0) is 4.79 Å². The van der Waals surface area contributed by atoms with E-state index in [0.717, 1.165) is 12.0 Å². The van der Waals surface area contributed by atoms with Crippen molar-refractivity contribution in [1.82, 2.24) is 5.32 Å². The van der Waals surface area contributed by atoms with Crippen molar-refractivity contribution in [2.75, 3.05) is 0 Å². The first kappa shape index (κ1) is 13.2. The van der Waals surface area contributed by atoms with Crippen LogP contribution >= 0.6 is 15.9 Å². The second-order valence-electron chi connectivity index (χ2n) is 4.02. The maximum absolute atomic E-state index is 11.7. The van der Waals surface area contributed by atoms with Crippen LogP contribution in [0.15, 0.2) is 24.3 Å². The van der Waals surface area contributed by atoms with E-state index in [9.17, 15) is 4.79 Å². The third-order valence-corrected chi connectivity index (χ3v) is 3.64. The highest BCUT2D eigenvalue weighted by Gasteiger charge is 2.15. The highest BCUT2D eigenvalue weighted by Crippen LogP contribution is 2.14. The molecule has 0 aliphatic heterocycles. The Kier molecular flexibility index (Phi) is 5.00. The lowest BCUT2D eigenvalue weighted by Crippen LogP contribution is -2.32. The molecule has 0 aliphatic rings. The van der Waals surface area contributed by atoms with Crippen LogP contribution in [0.4, 0.5) is 0 Å². The summed E-state index contributed by atoms with van der Waals surface area (Å²) >= 11 is 3.34. The lowest BCUT2D eigenvalue weighted by molar-refractivity contribution is -0.121. The molecule has 0 heterocycles. The fourth-order valence-electron chi connectivity index (χ4n) is 1.43. The monoisotopic (exact) mass is 283 g/mol. The molecule has 0 aliphatic carbocycles. The smallest absolute Gasteiger partial charge is 0.234 e. The van der Waals surface area contributed by atoms with Gasteiger partial charge in [0.25, 0.3) is 0 Å². The summed E-state index contributed by atoms with van der Waals surface area (Å²) in [5.41, 5.74) is 2.36. The molecule has 1 aromatic carbocycles. The number of hydrogen-bond donors (Lipinski definition) is 1. The number of amides is 1. The molecule has 0 saturated heterocycles. The average Bonchev–Trinajstić information content (AvgIpc) is 2.28. The molecule has 88 valence electrons. The summed E-state index contributed by atoms with van der Waals surface area (Å²) in [6.07, 6.45) is 0.798. The molecule has 1 amide bonds. The van der Waals surface area contributed by atoms with E-state index < -0.39 is 0 Å². The van der Waals surface area contributed by atoms with E-state index in [4.69, 9.17) is 0 Å². The molecule has 1 aromatic rings. The Morgan fingerprint density at radius 3 is 2.44 bits per heavy atom. The van der Waals surface area contributed by atoms with Crippen molar-refractivity contribution in [3.8, 4) is 0 Å². The first-order chi connectivity index (χ1) is 7.54. The standard InChI is InChI=1S/C13H18BrNO/c1-4-12(14)13(16)15-10(3)11-7-5-9(2)6-8-11/h5-8,10,12H,4H2,1-3H3,(H,15,16). The molecule has 0 bridgehead atoms. The van der Waals surface area contributed by atoms with E-state index in [1.165, 1.54) is 5.56 Å². The number of rotatable bonds is 4. The van der Waals surface area contributed by atoms with Gasteiger partial charge in [0.2, 0.25) is 5.91 Å². The van der Waals surface area contributed by atoms with Crippen molar-refractivity contribution in [3.63, 3.8) is 0 Å². The first-order valence-corrected chi connectivity index (χ1v) is 6.47. The Balaban J connectivity index is 2.62. The van der Waals surface area contributed by atoms with Gasteiger partial charge in [-0.15, -0.1) is 0 Å². The van der Waals surface area contributed by atoms with E-state index in [2.05, 4.69) is 52.4 Å². The van der Waals surface area contributed by atoms with Crippen molar-refractivity contribution in [2.24, 2.45) is 0 Å². The Morgan fingerprint density at radius 1 is 1.38 bits per heavy atom. The third-order valence-electron chi connectivity index (χ3n) is 2.58. The molecule has 0 aromatic heterocycles. The molecule has 0 saturated carbocycles. The van der Waals surface area contributed by atoms with Crippen molar-refractivity contribution in [3.05, 3.63) is 35.4 Å². The minimum atomic E-state index is -0.0969. The van der Waals surface area contributed by atoms with Crippen LogP contribution in [0.3, 0.4) is 0 Å². The van der Waals surface area contributed by atoms with Gasteiger partial charge in [-0.3, -0.25) is 4.79 Å². The molecule has 0 spiro atoms. The highest BCUT2D eigenvalue weighted by atomic mass is 79.9. The van der Waals surface area contributed by atoms with Crippen LogP contribution in [0.2, 0.25) is 0 Å². The average molecular weight is 284 g/mol. The Hall–Kier alpha value is -0.830. The van der Waals surface area contributed by atoms with Gasteiger partial charge >= 0.3 is 0 Å². The van der Waals surface area contributed by atoms with Gasteiger partial charge in [-0.1, -0.05) is 52.7 Å². The zero-order chi connectivity index (χ0) is 12.1. The van der Waals surface area contributed by atoms with Gasteiger partial charge in [-0.05, 0) is 25.8 Å². The first-order valence-electron chi connectivity index (χ1n) is 5.55. The molecule has 1 rings (SSSR count). The van der Waals surface area contributed by atoms with Gasteiger partial charge in [-0.25, -0.2) is 0 Å². The second-order valence-corrected chi connectivity index (χ2v) is 5.12. The van der Waals surface area contributed by atoms with E-state index >= 15 is 0 Å². The maximum Gasteiger partial charge on any atom is 0.234 e. The second kappa shape index (κ2) is 6.04.